The van der Waals surface area contributed by atoms with E-state index in [-0.39, 0.29) is 28.3 Å². The van der Waals surface area contributed by atoms with Crippen LogP contribution in [0.1, 0.15) is 17.0 Å². The van der Waals surface area contributed by atoms with Crippen LogP contribution in [0, 0.1) is 25.7 Å². The number of oxime groups is 1. The molecule has 0 saturated carbocycles. The number of nitrogens with zero attached hydrogens (tertiary/aromatic N) is 3. The fraction of sp³-hybridized carbons (Fsp3) is 0.176. The summed E-state index contributed by atoms with van der Waals surface area (Å²) in [5, 5.41) is 25.7. The SMILES string of the molecule is Cc1oc(F)c(C)c1-c1c(-c2ccc(O)cc2F)nn(C)c1C=NO. The van der Waals surface area contributed by atoms with Crippen LogP contribution in [-0.4, -0.2) is 26.3 Å². The number of hydrogen-bond donors (Lipinski definition) is 2. The molecule has 0 spiro atoms. The molecule has 0 saturated heterocycles. The Labute approximate surface area is 141 Å². The van der Waals surface area contributed by atoms with Crippen molar-refractivity contribution in [2.45, 2.75) is 13.8 Å². The number of hydrogen-bond acceptors (Lipinski definition) is 5. The maximum absolute atomic E-state index is 14.4. The van der Waals surface area contributed by atoms with Crippen molar-refractivity contribution in [1.29, 1.82) is 0 Å². The monoisotopic (exact) mass is 347 g/mol. The summed E-state index contributed by atoms with van der Waals surface area (Å²) in [6, 6.07) is 2.91. The van der Waals surface area contributed by atoms with Gasteiger partial charge in [0.15, 0.2) is 0 Å². The average molecular weight is 347 g/mol. The minimum absolute atomic E-state index is 0.112. The Morgan fingerprint density at radius 2 is 1.96 bits per heavy atom. The van der Waals surface area contributed by atoms with Gasteiger partial charge in [-0.3, -0.25) is 4.68 Å². The number of phenolic OH excluding ortho intramolecular Hbond substituents is 1. The first-order chi connectivity index (χ1) is 11.8. The van der Waals surface area contributed by atoms with Gasteiger partial charge in [-0.1, -0.05) is 5.16 Å². The summed E-state index contributed by atoms with van der Waals surface area (Å²) < 4.78 is 34.7. The van der Waals surface area contributed by atoms with Crippen LogP contribution in [0.4, 0.5) is 8.78 Å². The molecule has 3 rings (SSSR count). The van der Waals surface area contributed by atoms with Crippen LogP contribution in [0.15, 0.2) is 27.8 Å². The molecule has 2 N–H and O–H groups in total. The summed E-state index contributed by atoms with van der Waals surface area (Å²) in [6.45, 7) is 3.11. The smallest absolute Gasteiger partial charge is 0.281 e. The first-order valence-corrected chi connectivity index (χ1v) is 7.34. The maximum Gasteiger partial charge on any atom is 0.281 e. The lowest BCUT2D eigenvalue weighted by molar-refractivity contribution is 0.321. The third-order valence-corrected chi connectivity index (χ3v) is 3.99. The zero-order chi connectivity index (χ0) is 18.3. The minimum Gasteiger partial charge on any atom is -0.508 e. The number of aromatic hydroxyl groups is 1. The second-order valence-corrected chi connectivity index (χ2v) is 5.57. The fourth-order valence-electron chi connectivity index (χ4n) is 2.86. The fourth-order valence-corrected chi connectivity index (χ4v) is 2.86. The summed E-state index contributed by atoms with van der Waals surface area (Å²) in [6.07, 6.45) is 1.13. The average Bonchev–Trinajstić information content (AvgIpc) is 2.97. The lowest BCUT2D eigenvalue weighted by Crippen LogP contribution is -1.98. The highest BCUT2D eigenvalue weighted by atomic mass is 19.1. The molecule has 8 heteroatoms. The van der Waals surface area contributed by atoms with E-state index in [0.717, 1.165) is 12.3 Å². The highest BCUT2D eigenvalue weighted by Gasteiger charge is 2.26. The van der Waals surface area contributed by atoms with Gasteiger partial charge < -0.3 is 14.7 Å². The molecule has 2 aromatic heterocycles. The van der Waals surface area contributed by atoms with E-state index in [1.165, 1.54) is 23.7 Å². The normalized spacial score (nSPS) is 11.6. The molecule has 0 aliphatic heterocycles. The Kier molecular flexibility index (Phi) is 4.03. The summed E-state index contributed by atoms with van der Waals surface area (Å²) in [4.78, 5) is 0. The van der Waals surface area contributed by atoms with E-state index < -0.39 is 11.8 Å². The van der Waals surface area contributed by atoms with Crippen molar-refractivity contribution in [1.82, 2.24) is 9.78 Å². The summed E-state index contributed by atoms with van der Waals surface area (Å²) in [5.41, 5.74) is 1.68. The van der Waals surface area contributed by atoms with Crippen LogP contribution in [0.5, 0.6) is 5.75 Å². The molecule has 0 unspecified atom stereocenters. The van der Waals surface area contributed by atoms with Crippen LogP contribution in [0.3, 0.4) is 0 Å². The van der Waals surface area contributed by atoms with Gasteiger partial charge in [-0.2, -0.15) is 9.49 Å². The topological polar surface area (TPSA) is 83.8 Å². The molecule has 0 aliphatic rings. The van der Waals surface area contributed by atoms with Crippen molar-refractivity contribution in [3.8, 4) is 28.1 Å². The van der Waals surface area contributed by atoms with E-state index in [2.05, 4.69) is 10.3 Å². The molecule has 2 heterocycles. The second-order valence-electron chi connectivity index (χ2n) is 5.57. The van der Waals surface area contributed by atoms with Crippen molar-refractivity contribution in [3.63, 3.8) is 0 Å². The third kappa shape index (κ3) is 2.65. The van der Waals surface area contributed by atoms with E-state index in [1.54, 1.807) is 14.0 Å². The molecule has 0 amide bonds. The zero-order valence-electron chi connectivity index (χ0n) is 13.7. The van der Waals surface area contributed by atoms with Crippen molar-refractivity contribution in [3.05, 3.63) is 47.0 Å². The molecule has 6 nitrogen and oxygen atoms in total. The third-order valence-electron chi connectivity index (χ3n) is 3.99. The van der Waals surface area contributed by atoms with Crippen molar-refractivity contribution >= 4 is 6.21 Å². The molecule has 0 atom stereocenters. The van der Waals surface area contributed by atoms with Crippen molar-refractivity contribution in [2.24, 2.45) is 12.2 Å². The molecule has 1 aromatic carbocycles. The largest absolute Gasteiger partial charge is 0.508 e. The van der Waals surface area contributed by atoms with E-state index in [9.17, 15) is 13.9 Å². The van der Waals surface area contributed by atoms with E-state index in [1.807, 2.05) is 0 Å². The maximum atomic E-state index is 14.4. The van der Waals surface area contributed by atoms with Crippen LogP contribution >= 0.6 is 0 Å². The van der Waals surface area contributed by atoms with Crippen molar-refractivity contribution < 1.29 is 23.5 Å². The standard InChI is InChI=1S/C17H15F2N3O3/c1-8-14(9(2)25-17(8)19)15-13(7-20-24)22(3)21-16(15)11-5-4-10(23)6-12(11)18/h4-7,23-24H,1-3H3. The predicted octanol–water partition coefficient (Wildman–Crippen LogP) is 3.76. The summed E-state index contributed by atoms with van der Waals surface area (Å²) in [7, 11) is 1.59. The first kappa shape index (κ1) is 16.7. The number of phenols is 1. The van der Waals surface area contributed by atoms with Gasteiger partial charge in [-0.05, 0) is 26.0 Å². The Morgan fingerprint density at radius 3 is 2.52 bits per heavy atom. The number of aryl methyl sites for hydroxylation is 2. The zero-order valence-corrected chi connectivity index (χ0v) is 13.7. The van der Waals surface area contributed by atoms with Gasteiger partial charge in [-0.15, -0.1) is 0 Å². The van der Waals surface area contributed by atoms with Gasteiger partial charge in [0.05, 0.1) is 11.9 Å². The molecule has 0 fully saturated rings. The van der Waals surface area contributed by atoms with E-state index in [4.69, 9.17) is 9.62 Å². The number of halogens is 2. The van der Waals surface area contributed by atoms with Gasteiger partial charge >= 0.3 is 0 Å². The quantitative estimate of drug-likeness (QED) is 0.429. The summed E-state index contributed by atoms with van der Waals surface area (Å²) in [5.74, 6) is -0.625. The molecule has 0 bridgehead atoms. The lowest BCUT2D eigenvalue weighted by Gasteiger charge is -2.06. The number of furan rings is 1. The molecule has 0 aliphatic carbocycles. The van der Waals surface area contributed by atoms with E-state index in [0.29, 0.717) is 16.8 Å². The Bertz CT molecular complexity index is 990. The minimum atomic E-state index is -0.750. The number of aromatic nitrogens is 2. The first-order valence-electron chi connectivity index (χ1n) is 7.34. The number of benzene rings is 1. The Balaban J connectivity index is 2.40. The molecule has 3 aromatic rings. The van der Waals surface area contributed by atoms with Crippen LogP contribution in [0.2, 0.25) is 0 Å². The van der Waals surface area contributed by atoms with Gasteiger partial charge in [0.2, 0.25) is 0 Å². The highest BCUT2D eigenvalue weighted by Crippen LogP contribution is 2.40. The van der Waals surface area contributed by atoms with Gasteiger partial charge in [0.1, 0.15) is 23.0 Å². The lowest BCUT2D eigenvalue weighted by atomic mass is 9.96. The summed E-state index contributed by atoms with van der Waals surface area (Å²) >= 11 is 0. The molecular formula is C17H15F2N3O3. The highest BCUT2D eigenvalue weighted by molar-refractivity contribution is 5.96. The van der Waals surface area contributed by atoms with E-state index >= 15 is 0 Å². The number of rotatable bonds is 3. The molecule has 130 valence electrons. The predicted molar refractivity (Wildman–Crippen MR) is 86.8 cm³/mol. The Morgan fingerprint density at radius 1 is 1.24 bits per heavy atom. The van der Waals surface area contributed by atoms with Crippen LogP contribution in [-0.2, 0) is 7.05 Å². The van der Waals surface area contributed by atoms with Crippen LogP contribution in [0.25, 0.3) is 22.4 Å². The molecule has 25 heavy (non-hydrogen) atoms. The Hall–Kier alpha value is -3.16. The van der Waals surface area contributed by atoms with Gasteiger partial charge in [0, 0.05) is 35.4 Å². The molecule has 0 radical (unpaired) electrons. The van der Waals surface area contributed by atoms with Gasteiger partial charge in [-0.25, -0.2) is 4.39 Å². The molecular weight excluding hydrogens is 332 g/mol. The second kappa shape index (κ2) is 6.04. The van der Waals surface area contributed by atoms with Crippen molar-refractivity contribution in [2.75, 3.05) is 0 Å². The van der Waals surface area contributed by atoms with Crippen LogP contribution < -0.4 is 0 Å². The van der Waals surface area contributed by atoms with Gasteiger partial charge in [0.25, 0.3) is 6.01 Å².